The number of aromatic nitrogens is 4. The Balaban J connectivity index is 1.38. The molecule has 0 bridgehead atoms. The Kier molecular flexibility index (Phi) is 6.35. The summed E-state index contributed by atoms with van der Waals surface area (Å²) in [6.45, 7) is 0.771. The van der Waals surface area contributed by atoms with E-state index in [2.05, 4.69) is 15.5 Å². The molecular weight excluding hydrogens is 380 g/mol. The van der Waals surface area contributed by atoms with E-state index < -0.39 is 5.97 Å². The predicted octanol–water partition coefficient (Wildman–Crippen LogP) is 4.34. The maximum Gasteiger partial charge on any atom is 0.304 e. The Morgan fingerprint density at radius 1 is 1.20 bits per heavy atom. The van der Waals surface area contributed by atoms with Gasteiger partial charge in [0, 0.05) is 7.05 Å². The summed E-state index contributed by atoms with van der Waals surface area (Å²) in [5.41, 5.74) is 1.46. The summed E-state index contributed by atoms with van der Waals surface area (Å²) >= 11 is 0. The molecule has 2 saturated carbocycles. The number of nitrogens with zero attached hydrogens (tertiary/aromatic N) is 4. The van der Waals surface area contributed by atoms with Gasteiger partial charge >= 0.3 is 5.97 Å². The largest absolute Gasteiger partial charge is 0.493 e. The number of carboxylic acid groups (broad SMARTS) is 1. The van der Waals surface area contributed by atoms with Crippen molar-refractivity contribution in [3.8, 4) is 5.75 Å². The highest BCUT2D eigenvalue weighted by molar-refractivity contribution is 5.68. The molecule has 2 unspecified atom stereocenters. The summed E-state index contributed by atoms with van der Waals surface area (Å²) in [4.78, 5) is 11.4. The molecule has 2 atom stereocenters. The van der Waals surface area contributed by atoms with E-state index in [1.165, 1.54) is 62.5 Å². The first-order valence-corrected chi connectivity index (χ1v) is 11.2. The third-order valence-corrected chi connectivity index (χ3v) is 7.07. The number of tetrazole rings is 1. The van der Waals surface area contributed by atoms with Gasteiger partial charge in [-0.25, -0.2) is 4.68 Å². The molecule has 0 aliphatic heterocycles. The van der Waals surface area contributed by atoms with Gasteiger partial charge in [-0.05, 0) is 71.6 Å². The Bertz CT molecular complexity index is 837. The lowest BCUT2D eigenvalue weighted by Crippen LogP contribution is -2.33. The van der Waals surface area contributed by atoms with Gasteiger partial charge in [0.2, 0.25) is 0 Å². The molecule has 1 spiro atoms. The highest BCUT2D eigenvalue weighted by atomic mass is 16.5. The maximum absolute atomic E-state index is 11.4. The standard InChI is InChI=1S/C23H32N4O3/c1-27-22(24-25-26-27)20(14-21(28)29)18-7-9-19(10-8-18)30-16-17-6-5-13-23(15-17)11-3-2-4-12-23/h7-10,17,20H,2-6,11-16H2,1H3,(H,28,29). The van der Waals surface area contributed by atoms with Crippen molar-refractivity contribution in [2.75, 3.05) is 6.61 Å². The van der Waals surface area contributed by atoms with Gasteiger partial charge < -0.3 is 9.84 Å². The Morgan fingerprint density at radius 3 is 2.60 bits per heavy atom. The van der Waals surface area contributed by atoms with Gasteiger partial charge in [-0.3, -0.25) is 4.79 Å². The van der Waals surface area contributed by atoms with Crippen LogP contribution in [0.25, 0.3) is 0 Å². The van der Waals surface area contributed by atoms with Crippen LogP contribution in [0, 0.1) is 11.3 Å². The van der Waals surface area contributed by atoms with E-state index >= 15 is 0 Å². The molecule has 0 radical (unpaired) electrons. The smallest absolute Gasteiger partial charge is 0.304 e. The monoisotopic (exact) mass is 412 g/mol. The Hall–Kier alpha value is -2.44. The van der Waals surface area contributed by atoms with Gasteiger partial charge in [0.05, 0.1) is 18.9 Å². The minimum absolute atomic E-state index is 0.0570. The lowest BCUT2D eigenvalue weighted by Gasteiger charge is -2.43. The number of aliphatic carboxylic acids is 1. The number of aryl methyl sites for hydroxylation is 1. The topological polar surface area (TPSA) is 90.1 Å². The molecule has 2 aliphatic carbocycles. The highest BCUT2D eigenvalue weighted by Crippen LogP contribution is 2.49. The van der Waals surface area contributed by atoms with E-state index in [1.807, 2.05) is 24.3 Å². The van der Waals surface area contributed by atoms with Gasteiger partial charge in [0.1, 0.15) is 5.75 Å². The molecule has 1 aromatic carbocycles. The van der Waals surface area contributed by atoms with Gasteiger partial charge in [0.25, 0.3) is 0 Å². The first kappa shape index (κ1) is 20.8. The first-order valence-electron chi connectivity index (χ1n) is 11.2. The van der Waals surface area contributed by atoms with Crippen molar-refractivity contribution in [3.05, 3.63) is 35.7 Å². The summed E-state index contributed by atoms with van der Waals surface area (Å²) in [5, 5.41) is 20.8. The van der Waals surface area contributed by atoms with Crippen LogP contribution in [-0.4, -0.2) is 37.9 Å². The van der Waals surface area contributed by atoms with Crippen molar-refractivity contribution in [1.82, 2.24) is 20.2 Å². The minimum atomic E-state index is -0.878. The number of benzene rings is 1. The van der Waals surface area contributed by atoms with Crippen LogP contribution in [0.5, 0.6) is 5.75 Å². The molecule has 0 saturated heterocycles. The van der Waals surface area contributed by atoms with Crippen molar-refractivity contribution >= 4 is 5.97 Å². The number of hydrogen-bond donors (Lipinski definition) is 1. The van der Waals surface area contributed by atoms with Gasteiger partial charge in [-0.2, -0.15) is 0 Å². The summed E-state index contributed by atoms with van der Waals surface area (Å²) in [5.74, 6) is 0.762. The fourth-order valence-corrected chi connectivity index (χ4v) is 5.56. The molecule has 1 heterocycles. The molecule has 2 aliphatic rings. The molecule has 2 fully saturated rings. The fourth-order valence-electron chi connectivity index (χ4n) is 5.56. The molecule has 7 nitrogen and oxygen atoms in total. The van der Waals surface area contributed by atoms with Crippen molar-refractivity contribution in [1.29, 1.82) is 0 Å². The van der Waals surface area contributed by atoms with E-state index in [9.17, 15) is 9.90 Å². The average Bonchev–Trinajstić information content (AvgIpc) is 3.17. The van der Waals surface area contributed by atoms with Crippen molar-refractivity contribution in [3.63, 3.8) is 0 Å². The third kappa shape index (κ3) is 4.82. The second kappa shape index (κ2) is 9.14. The third-order valence-electron chi connectivity index (χ3n) is 7.07. The number of rotatable bonds is 7. The average molecular weight is 413 g/mol. The number of hydrogen-bond acceptors (Lipinski definition) is 5. The summed E-state index contributed by atoms with van der Waals surface area (Å²) in [7, 11) is 1.73. The van der Waals surface area contributed by atoms with Crippen molar-refractivity contribution < 1.29 is 14.6 Å². The van der Waals surface area contributed by atoms with Crippen molar-refractivity contribution in [2.24, 2.45) is 18.4 Å². The summed E-state index contributed by atoms with van der Waals surface area (Å²) < 4.78 is 7.68. The molecular formula is C23H32N4O3. The molecule has 2 aromatic rings. The molecule has 7 heteroatoms. The van der Waals surface area contributed by atoms with Crippen LogP contribution in [0.3, 0.4) is 0 Å². The predicted molar refractivity (Wildman–Crippen MR) is 112 cm³/mol. The van der Waals surface area contributed by atoms with E-state index in [1.54, 1.807) is 7.05 Å². The van der Waals surface area contributed by atoms with E-state index in [0.29, 0.717) is 17.2 Å². The number of ether oxygens (including phenoxy) is 1. The van der Waals surface area contributed by atoms with Gasteiger partial charge in [0.15, 0.2) is 5.82 Å². The normalized spacial score (nSPS) is 22.0. The Labute approximate surface area is 177 Å². The molecule has 1 N–H and O–H groups in total. The second-order valence-electron chi connectivity index (χ2n) is 9.21. The van der Waals surface area contributed by atoms with Crippen LogP contribution in [-0.2, 0) is 11.8 Å². The lowest BCUT2D eigenvalue weighted by atomic mass is 9.63. The van der Waals surface area contributed by atoms with Crippen LogP contribution in [0.15, 0.2) is 24.3 Å². The first-order chi connectivity index (χ1) is 14.5. The van der Waals surface area contributed by atoms with Gasteiger partial charge in [-0.1, -0.05) is 37.8 Å². The lowest BCUT2D eigenvalue weighted by molar-refractivity contribution is -0.137. The SMILES string of the molecule is Cn1nnnc1C(CC(=O)O)c1ccc(OCC2CCCC3(CCCCC3)C2)cc1. The molecule has 4 rings (SSSR count). The van der Waals surface area contributed by atoms with E-state index in [0.717, 1.165) is 17.9 Å². The highest BCUT2D eigenvalue weighted by Gasteiger charge is 2.37. The van der Waals surface area contributed by atoms with Crippen molar-refractivity contribution in [2.45, 2.75) is 70.1 Å². The van der Waals surface area contributed by atoms with E-state index in [-0.39, 0.29) is 12.3 Å². The second-order valence-corrected chi connectivity index (χ2v) is 9.21. The van der Waals surface area contributed by atoms with E-state index in [4.69, 9.17) is 4.74 Å². The zero-order valence-corrected chi connectivity index (χ0v) is 17.8. The fraction of sp³-hybridized carbons (Fsp3) is 0.652. The van der Waals surface area contributed by atoms with Crippen LogP contribution in [0.2, 0.25) is 0 Å². The molecule has 30 heavy (non-hydrogen) atoms. The van der Waals surface area contributed by atoms with Crippen LogP contribution in [0.4, 0.5) is 0 Å². The zero-order chi connectivity index (χ0) is 21.0. The van der Waals surface area contributed by atoms with Crippen LogP contribution >= 0.6 is 0 Å². The molecule has 162 valence electrons. The van der Waals surface area contributed by atoms with Crippen LogP contribution in [0.1, 0.15) is 81.5 Å². The molecule has 1 aromatic heterocycles. The summed E-state index contributed by atoms with van der Waals surface area (Å²) in [6.07, 6.45) is 12.3. The Morgan fingerprint density at radius 2 is 1.93 bits per heavy atom. The quantitative estimate of drug-likeness (QED) is 0.728. The molecule has 0 amide bonds. The minimum Gasteiger partial charge on any atom is -0.493 e. The number of carboxylic acids is 1. The summed E-state index contributed by atoms with van der Waals surface area (Å²) in [6, 6.07) is 7.74. The van der Waals surface area contributed by atoms with Gasteiger partial charge in [-0.15, -0.1) is 5.10 Å². The maximum atomic E-state index is 11.4. The van der Waals surface area contributed by atoms with Crippen LogP contribution < -0.4 is 4.74 Å². The number of carbonyl (C=O) groups is 1. The zero-order valence-electron chi connectivity index (χ0n) is 17.8.